The molecule has 102 valence electrons. The van der Waals surface area contributed by atoms with Crippen LogP contribution in [0.2, 0.25) is 10.0 Å². The lowest BCUT2D eigenvalue weighted by Gasteiger charge is -2.14. The van der Waals surface area contributed by atoms with Crippen LogP contribution < -0.4 is 5.73 Å². The van der Waals surface area contributed by atoms with Crippen molar-refractivity contribution >= 4 is 28.9 Å². The summed E-state index contributed by atoms with van der Waals surface area (Å²) in [6.45, 7) is 1.83. The van der Waals surface area contributed by atoms with Crippen molar-refractivity contribution in [2.24, 2.45) is 7.05 Å². The number of aromatic nitrogens is 2. The molecule has 0 amide bonds. The van der Waals surface area contributed by atoms with E-state index < -0.39 is 6.10 Å². The quantitative estimate of drug-likeness (QED) is 0.857. The van der Waals surface area contributed by atoms with Crippen molar-refractivity contribution in [1.82, 2.24) is 9.78 Å². The Morgan fingerprint density at radius 3 is 2.63 bits per heavy atom. The van der Waals surface area contributed by atoms with Crippen molar-refractivity contribution in [1.29, 1.82) is 0 Å². The molecule has 2 rings (SSSR count). The van der Waals surface area contributed by atoms with Gasteiger partial charge in [-0.3, -0.25) is 4.68 Å². The summed E-state index contributed by atoms with van der Waals surface area (Å²) in [7, 11) is 1.80. The van der Waals surface area contributed by atoms with E-state index in [1.807, 2.05) is 6.92 Å². The average molecular weight is 300 g/mol. The van der Waals surface area contributed by atoms with E-state index in [1.165, 1.54) is 0 Å². The fraction of sp³-hybridized carbons (Fsp3) is 0.308. The summed E-state index contributed by atoms with van der Waals surface area (Å²) in [5, 5.41) is 15.6. The van der Waals surface area contributed by atoms with E-state index in [9.17, 15) is 5.11 Å². The molecular formula is C13H15Cl2N3O. The van der Waals surface area contributed by atoms with Gasteiger partial charge < -0.3 is 10.8 Å². The van der Waals surface area contributed by atoms with Gasteiger partial charge >= 0.3 is 0 Å². The molecular weight excluding hydrogens is 285 g/mol. The van der Waals surface area contributed by atoms with Crippen LogP contribution in [0.5, 0.6) is 0 Å². The van der Waals surface area contributed by atoms with E-state index in [0.717, 1.165) is 11.4 Å². The second-order valence-corrected chi connectivity index (χ2v) is 5.28. The number of aryl methyl sites for hydroxylation is 2. The Balaban J connectivity index is 2.28. The van der Waals surface area contributed by atoms with Gasteiger partial charge in [0, 0.05) is 29.7 Å². The SMILES string of the molecule is Cc1nn(C)c(CC(O)c2ccc(Cl)cc2N)c1Cl. The van der Waals surface area contributed by atoms with Crippen molar-refractivity contribution in [2.45, 2.75) is 19.4 Å². The van der Waals surface area contributed by atoms with Crippen LogP contribution in [-0.2, 0) is 13.5 Å². The van der Waals surface area contributed by atoms with Crippen molar-refractivity contribution in [3.8, 4) is 0 Å². The van der Waals surface area contributed by atoms with Crippen LogP contribution in [0.1, 0.15) is 23.1 Å². The summed E-state index contributed by atoms with van der Waals surface area (Å²) in [5.41, 5.74) is 8.49. The molecule has 4 nitrogen and oxygen atoms in total. The summed E-state index contributed by atoms with van der Waals surface area (Å²) >= 11 is 12.0. The number of anilines is 1. The van der Waals surface area contributed by atoms with Crippen LogP contribution in [0.3, 0.4) is 0 Å². The zero-order valence-corrected chi connectivity index (χ0v) is 12.2. The Kier molecular flexibility index (Phi) is 4.04. The highest BCUT2D eigenvalue weighted by atomic mass is 35.5. The Morgan fingerprint density at radius 2 is 2.11 bits per heavy atom. The van der Waals surface area contributed by atoms with Crippen molar-refractivity contribution in [3.63, 3.8) is 0 Å². The third kappa shape index (κ3) is 2.86. The zero-order chi connectivity index (χ0) is 14.2. The normalized spacial score (nSPS) is 12.7. The monoisotopic (exact) mass is 299 g/mol. The third-order valence-corrected chi connectivity index (χ3v) is 3.78. The molecule has 0 saturated heterocycles. The predicted molar refractivity (Wildman–Crippen MR) is 77.5 cm³/mol. The molecule has 0 radical (unpaired) electrons. The van der Waals surface area contributed by atoms with Gasteiger partial charge in [0.1, 0.15) is 0 Å². The Bertz CT molecular complexity index is 610. The number of nitrogen functional groups attached to an aromatic ring is 1. The van der Waals surface area contributed by atoms with Gasteiger partial charge in [-0.2, -0.15) is 5.10 Å². The van der Waals surface area contributed by atoms with E-state index in [0.29, 0.717) is 27.7 Å². The molecule has 0 bridgehead atoms. The summed E-state index contributed by atoms with van der Waals surface area (Å²) in [6, 6.07) is 5.04. The van der Waals surface area contributed by atoms with Crippen LogP contribution in [0.25, 0.3) is 0 Å². The Hall–Kier alpha value is -1.23. The average Bonchev–Trinajstić information content (AvgIpc) is 2.56. The van der Waals surface area contributed by atoms with Gasteiger partial charge in [-0.1, -0.05) is 29.3 Å². The second-order valence-electron chi connectivity index (χ2n) is 4.46. The Morgan fingerprint density at radius 1 is 1.42 bits per heavy atom. The zero-order valence-electron chi connectivity index (χ0n) is 10.7. The molecule has 1 aromatic heterocycles. The van der Waals surface area contributed by atoms with Crippen LogP contribution in [0, 0.1) is 6.92 Å². The lowest BCUT2D eigenvalue weighted by atomic mass is 10.0. The molecule has 0 aliphatic rings. The molecule has 0 saturated carbocycles. The molecule has 19 heavy (non-hydrogen) atoms. The van der Waals surface area contributed by atoms with Crippen molar-refractivity contribution in [3.05, 3.63) is 45.2 Å². The molecule has 0 spiro atoms. The maximum atomic E-state index is 10.3. The molecule has 1 unspecified atom stereocenters. The van der Waals surface area contributed by atoms with Gasteiger partial charge in [-0.05, 0) is 19.1 Å². The predicted octanol–water partition coefficient (Wildman–Crippen LogP) is 2.89. The van der Waals surface area contributed by atoms with Crippen LogP contribution >= 0.6 is 23.2 Å². The molecule has 1 heterocycles. The molecule has 0 fully saturated rings. The second kappa shape index (κ2) is 5.41. The molecule has 6 heteroatoms. The minimum absolute atomic E-state index is 0.349. The van der Waals surface area contributed by atoms with Crippen molar-refractivity contribution < 1.29 is 5.11 Å². The van der Waals surface area contributed by atoms with Gasteiger partial charge in [-0.15, -0.1) is 0 Å². The Labute approximate surface area is 121 Å². The number of halogens is 2. The standard InChI is InChI=1S/C13H15Cl2N3O/c1-7-13(15)11(18(2)17-7)6-12(19)9-4-3-8(14)5-10(9)16/h3-5,12,19H,6,16H2,1-2H3. The van der Waals surface area contributed by atoms with Gasteiger partial charge in [0.05, 0.1) is 22.5 Å². The first-order valence-corrected chi connectivity index (χ1v) is 6.56. The highest BCUT2D eigenvalue weighted by Gasteiger charge is 2.18. The summed E-state index contributed by atoms with van der Waals surface area (Å²) in [5.74, 6) is 0. The topological polar surface area (TPSA) is 64.1 Å². The maximum absolute atomic E-state index is 10.3. The van der Waals surface area contributed by atoms with Crippen LogP contribution in [0.15, 0.2) is 18.2 Å². The molecule has 2 aromatic rings. The fourth-order valence-electron chi connectivity index (χ4n) is 2.04. The summed E-state index contributed by atoms with van der Waals surface area (Å²) in [4.78, 5) is 0. The molecule has 0 aliphatic carbocycles. The summed E-state index contributed by atoms with van der Waals surface area (Å²) in [6.07, 6.45) is -0.397. The van der Waals surface area contributed by atoms with E-state index in [-0.39, 0.29) is 0 Å². The van der Waals surface area contributed by atoms with Crippen molar-refractivity contribution in [2.75, 3.05) is 5.73 Å². The highest BCUT2D eigenvalue weighted by Crippen LogP contribution is 2.29. The highest BCUT2D eigenvalue weighted by molar-refractivity contribution is 6.32. The van der Waals surface area contributed by atoms with E-state index in [1.54, 1.807) is 29.9 Å². The fourth-order valence-corrected chi connectivity index (χ4v) is 2.46. The van der Waals surface area contributed by atoms with Gasteiger partial charge in [-0.25, -0.2) is 0 Å². The smallest absolute Gasteiger partial charge is 0.0865 e. The van der Waals surface area contributed by atoms with Gasteiger partial charge in [0.15, 0.2) is 0 Å². The van der Waals surface area contributed by atoms with Gasteiger partial charge in [0.2, 0.25) is 0 Å². The van der Waals surface area contributed by atoms with E-state index >= 15 is 0 Å². The number of rotatable bonds is 3. The first-order chi connectivity index (χ1) is 8.90. The number of benzene rings is 1. The molecule has 1 aromatic carbocycles. The number of nitrogens with two attached hydrogens (primary N) is 1. The number of nitrogens with zero attached hydrogens (tertiary/aromatic N) is 2. The summed E-state index contributed by atoms with van der Waals surface area (Å²) < 4.78 is 1.67. The molecule has 3 N–H and O–H groups in total. The van der Waals surface area contributed by atoms with Gasteiger partial charge in [0.25, 0.3) is 0 Å². The lowest BCUT2D eigenvalue weighted by Crippen LogP contribution is -2.09. The van der Waals surface area contributed by atoms with Crippen LogP contribution in [-0.4, -0.2) is 14.9 Å². The molecule has 1 atom stereocenters. The number of hydrogen-bond donors (Lipinski definition) is 2. The molecule has 0 aliphatic heterocycles. The van der Waals surface area contributed by atoms with Crippen LogP contribution in [0.4, 0.5) is 5.69 Å². The first-order valence-electron chi connectivity index (χ1n) is 5.81. The maximum Gasteiger partial charge on any atom is 0.0865 e. The number of aliphatic hydroxyl groups excluding tert-OH is 1. The third-order valence-electron chi connectivity index (χ3n) is 3.06. The minimum Gasteiger partial charge on any atom is -0.398 e. The first kappa shape index (κ1) is 14.2. The lowest BCUT2D eigenvalue weighted by molar-refractivity contribution is 0.176. The van der Waals surface area contributed by atoms with E-state index in [4.69, 9.17) is 28.9 Å². The minimum atomic E-state index is -0.746. The largest absolute Gasteiger partial charge is 0.398 e. The van der Waals surface area contributed by atoms with E-state index in [2.05, 4.69) is 5.10 Å². The number of hydrogen-bond acceptors (Lipinski definition) is 3. The number of aliphatic hydroxyl groups is 1.